The van der Waals surface area contributed by atoms with Crippen LogP contribution in [0.4, 0.5) is 8.78 Å². The topological polar surface area (TPSA) is 82.6 Å². The molecule has 2 aromatic rings. The number of hydrogen-bond acceptors (Lipinski definition) is 7. The van der Waals surface area contributed by atoms with Crippen LogP contribution in [0, 0.1) is 5.82 Å². The molecule has 2 aromatic heterocycles. The van der Waals surface area contributed by atoms with Gasteiger partial charge in [-0.3, -0.25) is 4.79 Å². The van der Waals surface area contributed by atoms with Gasteiger partial charge in [0.1, 0.15) is 17.8 Å². The van der Waals surface area contributed by atoms with Crippen molar-refractivity contribution in [1.82, 2.24) is 15.3 Å². The highest BCUT2D eigenvalue weighted by molar-refractivity contribution is 7.19. The molecule has 0 aromatic carbocycles. The molecule has 0 radical (unpaired) electrons. The largest absolute Gasteiger partial charge is 0.472 e. The SMILES string of the molecule is CCOc1nc2cc(F)c(OCC3(F)CC(OC[C@H](C)NC(C)=O)C3)nc2s1. The van der Waals surface area contributed by atoms with Gasteiger partial charge in [-0.25, -0.2) is 13.8 Å². The molecule has 1 amide bonds. The second-order valence-corrected chi connectivity index (χ2v) is 7.86. The number of pyridine rings is 1. The molecule has 3 rings (SSSR count). The quantitative estimate of drug-likeness (QED) is 0.678. The molecule has 0 saturated heterocycles. The summed E-state index contributed by atoms with van der Waals surface area (Å²) in [4.78, 5) is 19.6. The van der Waals surface area contributed by atoms with Gasteiger partial charge in [0.05, 0.1) is 19.3 Å². The fourth-order valence-corrected chi connectivity index (χ4v) is 3.77. The number of nitrogens with zero attached hydrogens (tertiary/aromatic N) is 2. The number of alkyl halides is 1. The molecular formula is C18H23F2N3O4S. The Labute approximate surface area is 165 Å². The van der Waals surface area contributed by atoms with Crippen molar-refractivity contribution in [3.05, 3.63) is 11.9 Å². The minimum Gasteiger partial charge on any atom is -0.472 e. The van der Waals surface area contributed by atoms with Crippen molar-refractivity contribution in [1.29, 1.82) is 0 Å². The molecule has 28 heavy (non-hydrogen) atoms. The van der Waals surface area contributed by atoms with Gasteiger partial charge in [-0.15, -0.1) is 0 Å². The first-order chi connectivity index (χ1) is 13.3. The number of fused-ring (bicyclic) bond motifs is 1. The summed E-state index contributed by atoms with van der Waals surface area (Å²) in [6.45, 7) is 5.52. The Bertz CT molecular complexity index is 842. The third-order valence-corrected chi connectivity index (χ3v) is 5.12. The van der Waals surface area contributed by atoms with Crippen LogP contribution in [0.3, 0.4) is 0 Å². The maximum absolute atomic E-state index is 14.7. The Morgan fingerprint density at radius 1 is 1.43 bits per heavy atom. The molecule has 0 bridgehead atoms. The van der Waals surface area contributed by atoms with E-state index in [1.807, 2.05) is 13.8 Å². The Kier molecular flexibility index (Phi) is 6.29. The van der Waals surface area contributed by atoms with Crippen LogP contribution in [0.1, 0.15) is 33.6 Å². The summed E-state index contributed by atoms with van der Waals surface area (Å²) >= 11 is 1.18. The van der Waals surface area contributed by atoms with Gasteiger partial charge >= 0.3 is 0 Å². The highest BCUT2D eigenvalue weighted by Crippen LogP contribution is 2.39. The average molecular weight is 415 g/mol. The second kappa shape index (κ2) is 8.52. The highest BCUT2D eigenvalue weighted by atomic mass is 32.1. The third kappa shape index (κ3) is 5.05. The number of thiazole rings is 1. The summed E-state index contributed by atoms with van der Waals surface area (Å²) in [6, 6.07) is 1.06. The predicted molar refractivity (Wildman–Crippen MR) is 100 cm³/mol. The van der Waals surface area contributed by atoms with Gasteiger partial charge in [-0.1, -0.05) is 11.3 Å². The maximum Gasteiger partial charge on any atom is 0.275 e. The summed E-state index contributed by atoms with van der Waals surface area (Å²) in [5, 5.41) is 3.10. The zero-order chi connectivity index (χ0) is 20.3. The number of ether oxygens (including phenoxy) is 3. The van der Waals surface area contributed by atoms with Crippen LogP contribution >= 0.6 is 11.3 Å². The van der Waals surface area contributed by atoms with Crippen LogP contribution in [-0.4, -0.2) is 53.5 Å². The highest BCUT2D eigenvalue weighted by Gasteiger charge is 2.46. The number of amides is 1. The van der Waals surface area contributed by atoms with Crippen molar-refractivity contribution < 1.29 is 27.8 Å². The predicted octanol–water partition coefficient (Wildman–Crippen LogP) is 3.02. The first kappa shape index (κ1) is 20.7. The molecule has 1 aliphatic rings. The lowest BCUT2D eigenvalue weighted by atomic mass is 9.79. The molecule has 0 aliphatic heterocycles. The van der Waals surface area contributed by atoms with Gasteiger partial charge in [0.15, 0.2) is 10.6 Å². The van der Waals surface area contributed by atoms with Gasteiger partial charge in [0.2, 0.25) is 5.91 Å². The first-order valence-corrected chi connectivity index (χ1v) is 9.90. The van der Waals surface area contributed by atoms with E-state index >= 15 is 0 Å². The van der Waals surface area contributed by atoms with Crippen LogP contribution in [0.2, 0.25) is 0 Å². The number of hydrogen-bond donors (Lipinski definition) is 1. The van der Waals surface area contributed by atoms with Crippen LogP contribution in [-0.2, 0) is 9.53 Å². The first-order valence-electron chi connectivity index (χ1n) is 9.08. The fraction of sp³-hybridized carbons (Fsp3) is 0.611. The van der Waals surface area contributed by atoms with Crippen LogP contribution in [0.5, 0.6) is 11.1 Å². The number of carbonyl (C=O) groups is 1. The lowest BCUT2D eigenvalue weighted by molar-refractivity contribution is -0.125. The molecule has 0 unspecified atom stereocenters. The lowest BCUT2D eigenvalue weighted by Crippen LogP contribution is -2.50. The number of halogens is 2. The smallest absolute Gasteiger partial charge is 0.275 e. The maximum atomic E-state index is 14.7. The van der Waals surface area contributed by atoms with E-state index in [9.17, 15) is 13.6 Å². The number of nitrogens with one attached hydrogen (secondary N) is 1. The van der Waals surface area contributed by atoms with Gasteiger partial charge < -0.3 is 19.5 Å². The fourth-order valence-electron chi connectivity index (χ4n) is 2.95. The van der Waals surface area contributed by atoms with E-state index in [2.05, 4.69) is 15.3 Å². The number of aromatic nitrogens is 2. The van der Waals surface area contributed by atoms with Crippen molar-refractivity contribution in [2.45, 2.75) is 51.4 Å². The van der Waals surface area contributed by atoms with Gasteiger partial charge in [-0.2, -0.15) is 4.98 Å². The Hall–Kier alpha value is -2.07. The standard InChI is InChI=1S/C18H23F2N3O4S/c1-4-25-17-22-14-5-13(19)15(23-16(14)28-17)27-9-18(20)6-12(7-18)26-8-10(2)21-11(3)24/h5,10,12H,4,6-9H2,1-3H3,(H,21,24)/t10-,12?,18?/m0/s1. The Morgan fingerprint density at radius 2 is 2.18 bits per heavy atom. The molecule has 1 saturated carbocycles. The molecule has 154 valence electrons. The third-order valence-electron chi connectivity index (χ3n) is 4.24. The Balaban J connectivity index is 1.50. The molecular weight excluding hydrogens is 392 g/mol. The summed E-state index contributed by atoms with van der Waals surface area (Å²) in [6.07, 6.45) is 0.0533. The van der Waals surface area contributed by atoms with Crippen LogP contribution < -0.4 is 14.8 Å². The number of rotatable bonds is 9. The molecule has 1 aliphatic carbocycles. The second-order valence-electron chi connectivity index (χ2n) is 6.92. The van der Waals surface area contributed by atoms with Crippen molar-refractivity contribution in [2.24, 2.45) is 0 Å². The van der Waals surface area contributed by atoms with Crippen molar-refractivity contribution in [2.75, 3.05) is 19.8 Å². The minimum absolute atomic E-state index is 0.140. The Morgan fingerprint density at radius 3 is 2.86 bits per heavy atom. The van der Waals surface area contributed by atoms with E-state index in [1.165, 1.54) is 24.3 Å². The van der Waals surface area contributed by atoms with E-state index in [0.29, 0.717) is 28.8 Å². The van der Waals surface area contributed by atoms with E-state index in [4.69, 9.17) is 14.2 Å². The molecule has 0 spiro atoms. The number of carbonyl (C=O) groups excluding carboxylic acids is 1. The molecule has 7 nitrogen and oxygen atoms in total. The normalized spacial score (nSPS) is 22.5. The summed E-state index contributed by atoms with van der Waals surface area (Å²) < 4.78 is 45.0. The molecule has 2 heterocycles. The van der Waals surface area contributed by atoms with Crippen molar-refractivity contribution in [3.8, 4) is 11.1 Å². The molecule has 1 N–H and O–H groups in total. The molecule has 10 heteroatoms. The van der Waals surface area contributed by atoms with E-state index < -0.39 is 11.5 Å². The van der Waals surface area contributed by atoms with Crippen LogP contribution in [0.25, 0.3) is 10.3 Å². The van der Waals surface area contributed by atoms with E-state index in [1.54, 1.807) is 0 Å². The van der Waals surface area contributed by atoms with Gasteiger partial charge in [0, 0.05) is 31.9 Å². The van der Waals surface area contributed by atoms with E-state index in [-0.39, 0.29) is 43.4 Å². The van der Waals surface area contributed by atoms with Crippen LogP contribution in [0.15, 0.2) is 6.07 Å². The molecule has 1 fully saturated rings. The van der Waals surface area contributed by atoms with E-state index in [0.717, 1.165) is 0 Å². The van der Waals surface area contributed by atoms with Crippen molar-refractivity contribution >= 4 is 27.6 Å². The monoisotopic (exact) mass is 415 g/mol. The van der Waals surface area contributed by atoms with Crippen molar-refractivity contribution in [3.63, 3.8) is 0 Å². The zero-order valence-electron chi connectivity index (χ0n) is 16.0. The van der Waals surface area contributed by atoms with Gasteiger partial charge in [0.25, 0.3) is 11.1 Å². The van der Waals surface area contributed by atoms with Gasteiger partial charge in [-0.05, 0) is 13.8 Å². The minimum atomic E-state index is -1.59. The summed E-state index contributed by atoms with van der Waals surface area (Å²) in [5.74, 6) is -1.08. The average Bonchev–Trinajstić information content (AvgIpc) is 2.96. The molecule has 1 atom stereocenters. The summed E-state index contributed by atoms with van der Waals surface area (Å²) in [5.41, 5.74) is -1.21. The zero-order valence-corrected chi connectivity index (χ0v) is 16.8. The summed E-state index contributed by atoms with van der Waals surface area (Å²) in [7, 11) is 0. The lowest BCUT2D eigenvalue weighted by Gasteiger charge is -2.40.